The number of aromatic nitrogens is 1. The summed E-state index contributed by atoms with van der Waals surface area (Å²) in [6.07, 6.45) is -4.00. The summed E-state index contributed by atoms with van der Waals surface area (Å²) in [4.78, 5) is 15.0. The average molecular weight is 288 g/mol. The van der Waals surface area contributed by atoms with Crippen molar-refractivity contribution in [3.05, 3.63) is 41.8 Å². The number of rotatable bonds is 3. The molecule has 0 unspecified atom stereocenters. The Hall–Kier alpha value is -1.96. The molecule has 1 aromatic heterocycles. The maximum Gasteiger partial charge on any atom is 0.451 e. The number of halogens is 3. The van der Waals surface area contributed by atoms with E-state index in [-0.39, 0.29) is 10.8 Å². The lowest BCUT2D eigenvalue weighted by atomic mass is 10.2. The summed E-state index contributed by atoms with van der Waals surface area (Å²) in [7, 11) is 0. The first kappa shape index (κ1) is 13.5. The molecule has 0 bridgehead atoms. The highest BCUT2D eigenvalue weighted by atomic mass is 32.2. The van der Waals surface area contributed by atoms with Gasteiger partial charge < -0.3 is 10.2 Å². The maximum absolute atomic E-state index is 12.3. The van der Waals surface area contributed by atoms with E-state index in [2.05, 4.69) is 9.40 Å². The van der Waals surface area contributed by atoms with Gasteiger partial charge in [-0.3, -0.25) is 4.79 Å². The van der Waals surface area contributed by atoms with Gasteiger partial charge in [-0.25, -0.2) is 4.98 Å². The van der Waals surface area contributed by atoms with Crippen LogP contribution in [0.1, 0.15) is 16.1 Å². The average Bonchev–Trinajstić information content (AvgIpc) is 2.77. The van der Waals surface area contributed by atoms with Gasteiger partial charge in [-0.15, -0.1) is 0 Å². The quantitative estimate of drug-likeness (QED) is 0.942. The third-order valence-electron chi connectivity index (χ3n) is 2.11. The van der Waals surface area contributed by atoms with Crippen molar-refractivity contribution >= 4 is 17.7 Å². The molecule has 100 valence electrons. The van der Waals surface area contributed by atoms with E-state index in [1.165, 1.54) is 6.07 Å². The first-order valence-corrected chi connectivity index (χ1v) is 5.79. The van der Waals surface area contributed by atoms with Crippen LogP contribution in [0.4, 0.5) is 13.2 Å². The molecule has 1 amide bonds. The highest BCUT2D eigenvalue weighted by Gasteiger charge is 2.35. The number of amides is 1. The molecule has 0 saturated carbocycles. The largest absolute Gasteiger partial charge is 0.451 e. The zero-order chi connectivity index (χ0) is 14.0. The van der Waals surface area contributed by atoms with Crippen LogP contribution in [-0.4, -0.2) is 10.9 Å². The predicted octanol–water partition coefficient (Wildman–Crippen LogP) is 2.94. The van der Waals surface area contributed by atoms with Crippen molar-refractivity contribution in [2.45, 2.75) is 16.3 Å². The molecule has 0 fully saturated rings. The summed E-state index contributed by atoms with van der Waals surface area (Å²) in [5.41, 5.74) is 5.35. The summed E-state index contributed by atoms with van der Waals surface area (Å²) < 4.78 is 41.6. The van der Waals surface area contributed by atoms with Crippen LogP contribution in [-0.2, 0) is 6.18 Å². The summed E-state index contributed by atoms with van der Waals surface area (Å²) in [5, 5.41) is -0.207. The van der Waals surface area contributed by atoms with E-state index in [9.17, 15) is 18.0 Å². The van der Waals surface area contributed by atoms with Gasteiger partial charge in [0.25, 0.3) is 5.22 Å². The molecule has 0 saturated heterocycles. The number of nitrogens with two attached hydrogens (primary N) is 1. The second-order valence-electron chi connectivity index (χ2n) is 3.45. The Bertz CT molecular complexity index is 610. The number of carbonyl (C=O) groups excluding carboxylic acids is 1. The van der Waals surface area contributed by atoms with Gasteiger partial charge in [0.1, 0.15) is 0 Å². The second-order valence-corrected chi connectivity index (χ2v) is 4.44. The molecule has 8 heteroatoms. The number of benzene rings is 1. The van der Waals surface area contributed by atoms with Crippen LogP contribution in [0.25, 0.3) is 0 Å². The molecule has 4 nitrogen and oxygen atoms in total. The lowest BCUT2D eigenvalue weighted by Crippen LogP contribution is -2.11. The van der Waals surface area contributed by atoms with E-state index in [1.54, 1.807) is 18.2 Å². The standard InChI is InChI=1S/C11H7F3N2O2S/c12-11(13,14)8-5-16-10(18-8)19-7-4-2-1-3-6(7)9(15)17/h1-5H,(H2,15,17). The van der Waals surface area contributed by atoms with Gasteiger partial charge >= 0.3 is 6.18 Å². The van der Waals surface area contributed by atoms with E-state index < -0.39 is 17.8 Å². The van der Waals surface area contributed by atoms with E-state index in [4.69, 9.17) is 5.73 Å². The molecule has 0 aliphatic carbocycles. The summed E-state index contributed by atoms with van der Waals surface area (Å²) in [5.74, 6) is -1.86. The Kier molecular flexibility index (Phi) is 3.52. The highest BCUT2D eigenvalue weighted by molar-refractivity contribution is 7.99. The van der Waals surface area contributed by atoms with Crippen molar-refractivity contribution in [3.8, 4) is 0 Å². The third kappa shape index (κ3) is 3.08. The number of alkyl halides is 3. The molecular formula is C11H7F3N2O2S. The normalized spacial score (nSPS) is 11.5. The van der Waals surface area contributed by atoms with Crippen LogP contribution >= 0.6 is 11.8 Å². The van der Waals surface area contributed by atoms with Crippen LogP contribution in [0.5, 0.6) is 0 Å². The van der Waals surface area contributed by atoms with E-state index in [1.807, 2.05) is 0 Å². The van der Waals surface area contributed by atoms with Crippen molar-refractivity contribution in [2.24, 2.45) is 5.73 Å². The van der Waals surface area contributed by atoms with Crippen molar-refractivity contribution < 1.29 is 22.4 Å². The van der Waals surface area contributed by atoms with Crippen LogP contribution in [0.2, 0.25) is 0 Å². The zero-order valence-corrected chi connectivity index (χ0v) is 10.1. The lowest BCUT2D eigenvalue weighted by Gasteiger charge is -2.03. The van der Waals surface area contributed by atoms with Gasteiger partial charge in [0, 0.05) is 4.90 Å². The van der Waals surface area contributed by atoms with Crippen molar-refractivity contribution in [2.75, 3.05) is 0 Å². The monoisotopic (exact) mass is 288 g/mol. The molecule has 1 aromatic carbocycles. The van der Waals surface area contributed by atoms with Crippen molar-refractivity contribution in [1.82, 2.24) is 4.98 Å². The Morgan fingerprint density at radius 3 is 2.58 bits per heavy atom. The molecule has 2 aromatic rings. The lowest BCUT2D eigenvalue weighted by molar-refractivity contribution is -0.154. The summed E-state index contributed by atoms with van der Waals surface area (Å²) >= 11 is 0.801. The molecule has 2 N–H and O–H groups in total. The first-order valence-electron chi connectivity index (χ1n) is 4.97. The van der Waals surface area contributed by atoms with Crippen LogP contribution in [0.3, 0.4) is 0 Å². The Morgan fingerprint density at radius 2 is 2.00 bits per heavy atom. The highest BCUT2D eigenvalue weighted by Crippen LogP contribution is 2.35. The number of hydrogen-bond donors (Lipinski definition) is 1. The maximum atomic E-state index is 12.3. The fraction of sp³-hybridized carbons (Fsp3) is 0.0909. The van der Waals surface area contributed by atoms with Crippen molar-refractivity contribution in [1.29, 1.82) is 0 Å². The van der Waals surface area contributed by atoms with Gasteiger partial charge in [-0.05, 0) is 23.9 Å². The van der Waals surface area contributed by atoms with Crippen LogP contribution < -0.4 is 5.73 Å². The minimum Gasteiger partial charge on any atom is -0.427 e. The minimum absolute atomic E-state index is 0.194. The Morgan fingerprint density at radius 1 is 1.32 bits per heavy atom. The molecule has 1 heterocycles. The van der Waals surface area contributed by atoms with Crippen LogP contribution in [0.15, 0.2) is 45.0 Å². The van der Waals surface area contributed by atoms with Gasteiger partial charge in [-0.1, -0.05) is 12.1 Å². The fourth-order valence-electron chi connectivity index (χ4n) is 1.29. The van der Waals surface area contributed by atoms with E-state index in [0.717, 1.165) is 11.8 Å². The minimum atomic E-state index is -4.59. The van der Waals surface area contributed by atoms with E-state index >= 15 is 0 Å². The second kappa shape index (κ2) is 4.96. The number of carbonyl (C=O) groups is 1. The van der Waals surface area contributed by atoms with Crippen LogP contribution in [0, 0.1) is 0 Å². The molecule has 2 rings (SSSR count). The molecule has 0 spiro atoms. The molecule has 0 atom stereocenters. The zero-order valence-electron chi connectivity index (χ0n) is 9.27. The van der Waals surface area contributed by atoms with Gasteiger partial charge in [0.15, 0.2) is 0 Å². The number of hydrogen-bond acceptors (Lipinski definition) is 4. The molecule has 0 aliphatic heterocycles. The summed E-state index contributed by atoms with van der Waals surface area (Å²) in [6, 6.07) is 6.24. The van der Waals surface area contributed by atoms with Gasteiger partial charge in [-0.2, -0.15) is 13.2 Å². The Balaban J connectivity index is 2.27. The van der Waals surface area contributed by atoms with E-state index in [0.29, 0.717) is 11.1 Å². The number of oxazole rings is 1. The Labute approximate surface area is 109 Å². The van der Waals surface area contributed by atoms with Gasteiger partial charge in [0.05, 0.1) is 11.8 Å². The fourth-order valence-corrected chi connectivity index (χ4v) is 2.14. The topological polar surface area (TPSA) is 69.1 Å². The molecule has 0 aliphatic rings. The third-order valence-corrected chi connectivity index (χ3v) is 3.05. The number of primary amides is 1. The predicted molar refractivity (Wildman–Crippen MR) is 60.6 cm³/mol. The number of nitrogens with zero attached hydrogens (tertiary/aromatic N) is 1. The molecule has 0 radical (unpaired) electrons. The summed E-state index contributed by atoms with van der Waals surface area (Å²) in [6.45, 7) is 0. The van der Waals surface area contributed by atoms with Crippen molar-refractivity contribution in [3.63, 3.8) is 0 Å². The molecular weight excluding hydrogens is 281 g/mol. The van der Waals surface area contributed by atoms with Gasteiger partial charge in [0.2, 0.25) is 11.7 Å². The SMILES string of the molecule is NC(=O)c1ccccc1Sc1ncc(C(F)(F)F)o1. The molecule has 19 heavy (non-hydrogen) atoms. The smallest absolute Gasteiger partial charge is 0.427 e. The first-order chi connectivity index (χ1) is 8.88.